The number of ketones is 1. The van der Waals surface area contributed by atoms with Gasteiger partial charge in [-0.05, 0) is 43.8 Å². The second-order valence-electron chi connectivity index (χ2n) is 11.0. The predicted octanol–water partition coefficient (Wildman–Crippen LogP) is 5.49. The molecule has 2 fully saturated rings. The number of methoxy groups -OCH3 is 1. The van der Waals surface area contributed by atoms with Crippen molar-refractivity contribution in [2.45, 2.75) is 121 Å². The van der Waals surface area contributed by atoms with E-state index in [-0.39, 0.29) is 22.7 Å². The van der Waals surface area contributed by atoms with Crippen LogP contribution in [0.1, 0.15) is 85.5 Å². The van der Waals surface area contributed by atoms with Crippen LogP contribution >= 0.6 is 0 Å². The van der Waals surface area contributed by atoms with Crippen LogP contribution in [-0.2, 0) is 14.0 Å². The molecule has 2 aliphatic rings. The first-order valence-electron chi connectivity index (χ1n) is 11.8. The monoisotopic (exact) mass is 436 g/mol. The molecule has 30 heavy (non-hydrogen) atoms. The average molecular weight is 437 g/mol. The van der Waals surface area contributed by atoms with Gasteiger partial charge >= 0.3 is 0 Å². The minimum atomic E-state index is -2.21. The zero-order chi connectivity index (χ0) is 22.8. The van der Waals surface area contributed by atoms with Gasteiger partial charge in [0, 0.05) is 25.4 Å². The fourth-order valence-corrected chi connectivity index (χ4v) is 6.76. The zero-order valence-electron chi connectivity index (χ0n) is 20.3. The van der Waals surface area contributed by atoms with Crippen molar-refractivity contribution in [2.75, 3.05) is 7.11 Å². The van der Waals surface area contributed by atoms with Crippen molar-refractivity contribution < 1.29 is 19.1 Å². The number of hydrogen-bond donors (Lipinski definition) is 1. The van der Waals surface area contributed by atoms with Gasteiger partial charge in [-0.15, -0.1) is 6.42 Å². The summed E-state index contributed by atoms with van der Waals surface area (Å²) >= 11 is 0. The molecular weight excluding hydrogens is 392 g/mol. The summed E-state index contributed by atoms with van der Waals surface area (Å²) in [6.07, 6.45) is 13.6. The molecule has 5 atom stereocenters. The summed E-state index contributed by atoms with van der Waals surface area (Å²) in [5.74, 6) is 2.86. The molecule has 2 saturated carbocycles. The first-order chi connectivity index (χ1) is 13.9. The van der Waals surface area contributed by atoms with E-state index >= 15 is 0 Å². The standard InChI is InChI=1S/C25H44O4Si/c1-9-11-12-13-14-16-24(10-2,29-30(7,8)23(3,4)5)22-19-18-21(27)25(19,28-6)17-15-20(22)26/h2,19-20,22,26H,9,11-18H2,1,3-8H3/t19-,20-,22+,24-,25-/m0/s1. The van der Waals surface area contributed by atoms with Crippen LogP contribution in [0.4, 0.5) is 0 Å². The van der Waals surface area contributed by atoms with Crippen LogP contribution in [-0.4, -0.2) is 43.6 Å². The van der Waals surface area contributed by atoms with Gasteiger partial charge in [0.1, 0.15) is 11.2 Å². The topological polar surface area (TPSA) is 55.8 Å². The Kier molecular flexibility index (Phi) is 8.05. The van der Waals surface area contributed by atoms with Gasteiger partial charge in [-0.3, -0.25) is 4.79 Å². The van der Waals surface area contributed by atoms with Gasteiger partial charge < -0.3 is 14.3 Å². The minimum Gasteiger partial charge on any atom is -0.400 e. The Balaban J connectivity index is 2.40. The van der Waals surface area contributed by atoms with Crippen LogP contribution in [0.5, 0.6) is 0 Å². The van der Waals surface area contributed by atoms with E-state index in [1.54, 1.807) is 7.11 Å². The number of unbranched alkanes of at least 4 members (excludes halogenated alkanes) is 4. The molecule has 0 amide bonds. The quantitative estimate of drug-likeness (QED) is 0.280. The lowest BCUT2D eigenvalue weighted by Crippen LogP contribution is -2.70. The predicted molar refractivity (Wildman–Crippen MR) is 125 cm³/mol. The Morgan fingerprint density at radius 2 is 1.87 bits per heavy atom. The lowest BCUT2D eigenvalue weighted by molar-refractivity contribution is -0.212. The molecule has 2 rings (SSSR count). The molecular formula is C25H44O4Si. The number of hydrogen-bond acceptors (Lipinski definition) is 4. The molecule has 0 aliphatic heterocycles. The van der Waals surface area contributed by atoms with Gasteiger partial charge in [-0.1, -0.05) is 59.3 Å². The van der Waals surface area contributed by atoms with E-state index in [4.69, 9.17) is 15.6 Å². The van der Waals surface area contributed by atoms with E-state index in [2.05, 4.69) is 46.7 Å². The van der Waals surface area contributed by atoms with Gasteiger partial charge in [0.15, 0.2) is 14.1 Å². The number of Topliss-reactive ketones (excluding diaryl/α,β-unsaturated/α-hetero) is 1. The first-order valence-corrected chi connectivity index (χ1v) is 14.8. The summed E-state index contributed by atoms with van der Waals surface area (Å²) in [7, 11) is -0.588. The maximum absolute atomic E-state index is 12.6. The summed E-state index contributed by atoms with van der Waals surface area (Å²) in [6.45, 7) is 13.3. The Bertz CT molecular complexity index is 647. The number of rotatable bonds is 10. The van der Waals surface area contributed by atoms with Crippen LogP contribution in [0.15, 0.2) is 0 Å². The zero-order valence-corrected chi connectivity index (χ0v) is 21.3. The van der Waals surface area contributed by atoms with Crippen LogP contribution in [0, 0.1) is 24.2 Å². The molecule has 0 bridgehead atoms. The van der Waals surface area contributed by atoms with E-state index in [0.717, 1.165) is 19.3 Å². The number of aliphatic hydroxyl groups is 1. The summed E-state index contributed by atoms with van der Waals surface area (Å²) in [4.78, 5) is 12.6. The molecule has 4 nitrogen and oxygen atoms in total. The summed E-state index contributed by atoms with van der Waals surface area (Å²) in [5, 5.41) is 11.2. The van der Waals surface area contributed by atoms with E-state index in [0.29, 0.717) is 19.3 Å². The van der Waals surface area contributed by atoms with Crippen LogP contribution < -0.4 is 0 Å². The number of fused-ring (bicyclic) bond motifs is 1. The molecule has 1 N–H and O–H groups in total. The fraction of sp³-hybridized carbons (Fsp3) is 0.880. The summed E-state index contributed by atoms with van der Waals surface area (Å²) < 4.78 is 12.8. The van der Waals surface area contributed by atoms with E-state index in [1.807, 2.05) is 0 Å². The Labute approximate surface area is 185 Å². The smallest absolute Gasteiger partial charge is 0.194 e. The molecule has 0 spiro atoms. The maximum Gasteiger partial charge on any atom is 0.194 e. The summed E-state index contributed by atoms with van der Waals surface area (Å²) in [6, 6.07) is 0. The van der Waals surface area contributed by atoms with Gasteiger partial charge in [-0.2, -0.15) is 0 Å². The lowest BCUT2D eigenvalue weighted by Gasteiger charge is -2.59. The molecule has 2 aliphatic carbocycles. The number of aliphatic hydroxyl groups excluding tert-OH is 1. The third-order valence-electron chi connectivity index (χ3n) is 8.18. The van der Waals surface area contributed by atoms with Gasteiger partial charge in [0.25, 0.3) is 0 Å². The highest BCUT2D eigenvalue weighted by molar-refractivity contribution is 6.74. The van der Waals surface area contributed by atoms with Crippen molar-refractivity contribution >= 4 is 14.1 Å². The molecule has 0 radical (unpaired) electrons. The number of carbonyl (C=O) groups excluding carboxylic acids is 1. The van der Waals surface area contributed by atoms with Crippen molar-refractivity contribution in [3.63, 3.8) is 0 Å². The first kappa shape index (κ1) is 25.6. The summed E-state index contributed by atoms with van der Waals surface area (Å²) in [5.41, 5.74) is -1.64. The highest BCUT2D eigenvalue weighted by atomic mass is 28.4. The second kappa shape index (κ2) is 9.44. The lowest BCUT2D eigenvalue weighted by atomic mass is 9.51. The second-order valence-corrected chi connectivity index (χ2v) is 15.7. The number of ether oxygens (including phenoxy) is 1. The number of carbonyl (C=O) groups is 1. The Morgan fingerprint density at radius 3 is 2.37 bits per heavy atom. The molecule has 0 aromatic carbocycles. The van der Waals surface area contributed by atoms with Crippen LogP contribution in [0.2, 0.25) is 18.1 Å². The van der Waals surface area contributed by atoms with E-state index in [1.165, 1.54) is 19.3 Å². The molecule has 0 aromatic rings. The average Bonchev–Trinajstić information content (AvgIpc) is 2.66. The molecule has 0 aromatic heterocycles. The highest BCUT2D eigenvalue weighted by Crippen LogP contribution is 2.56. The molecule has 0 unspecified atom stereocenters. The van der Waals surface area contributed by atoms with E-state index in [9.17, 15) is 9.90 Å². The van der Waals surface area contributed by atoms with Crippen molar-refractivity contribution in [1.82, 2.24) is 0 Å². The maximum atomic E-state index is 12.6. The molecule has 0 saturated heterocycles. The van der Waals surface area contributed by atoms with Crippen molar-refractivity contribution in [1.29, 1.82) is 0 Å². The SMILES string of the molecule is C#C[C@@](CCCCCCC)(O[Si](C)(C)C(C)(C)C)[C@H]1[C@@H](O)CC[C@@]2(OC)C(=O)C[C@@H]12. The van der Waals surface area contributed by atoms with Crippen LogP contribution in [0.3, 0.4) is 0 Å². The third kappa shape index (κ3) is 4.58. The van der Waals surface area contributed by atoms with Crippen molar-refractivity contribution in [2.24, 2.45) is 11.8 Å². The minimum absolute atomic E-state index is 0.00467. The largest absolute Gasteiger partial charge is 0.400 e. The van der Waals surface area contributed by atoms with E-state index < -0.39 is 25.6 Å². The fourth-order valence-electron chi connectivity index (χ4n) is 5.25. The van der Waals surface area contributed by atoms with Crippen molar-refractivity contribution in [3.8, 4) is 12.3 Å². The normalized spacial score (nSPS) is 31.4. The van der Waals surface area contributed by atoms with Crippen LogP contribution in [0.25, 0.3) is 0 Å². The van der Waals surface area contributed by atoms with Crippen molar-refractivity contribution in [3.05, 3.63) is 0 Å². The van der Waals surface area contributed by atoms with Gasteiger partial charge in [-0.25, -0.2) is 0 Å². The highest BCUT2D eigenvalue weighted by Gasteiger charge is 2.66. The third-order valence-corrected chi connectivity index (χ3v) is 12.7. The molecule has 5 heteroatoms. The Hall–Kier alpha value is -0.673. The van der Waals surface area contributed by atoms with Gasteiger partial charge in [0.05, 0.1) is 6.10 Å². The molecule has 172 valence electrons. The van der Waals surface area contributed by atoms with Gasteiger partial charge in [0.2, 0.25) is 0 Å². The molecule has 0 heterocycles. The Morgan fingerprint density at radius 1 is 1.23 bits per heavy atom. The number of terminal acetylenes is 1.